The zero-order valence-corrected chi connectivity index (χ0v) is 28.9. The SMILES string of the molecule is c1ccc(-c2nc(-c3ccccc3)c3c(n2)oc2ccc(-c4ccc5c(c4)N(c4ccccc4)P(c4ccccc4)N5c4ccccc4)cc23)cc1. The first-order valence-corrected chi connectivity index (χ1v) is 18.6. The van der Waals surface area contributed by atoms with Crippen molar-refractivity contribution in [2.75, 3.05) is 9.34 Å². The molecule has 0 N–H and O–H groups in total. The van der Waals surface area contributed by atoms with Crippen LogP contribution in [0, 0.1) is 0 Å². The van der Waals surface area contributed by atoms with Crippen molar-refractivity contribution in [3.63, 3.8) is 0 Å². The Balaban J connectivity index is 1.17. The highest BCUT2D eigenvalue weighted by molar-refractivity contribution is 7.70. The van der Waals surface area contributed by atoms with Crippen LogP contribution in [-0.4, -0.2) is 9.97 Å². The number of benzene rings is 7. The predicted octanol–water partition coefficient (Wildman–Crippen LogP) is 12.3. The molecule has 0 amide bonds. The molecule has 6 heteroatoms. The average Bonchev–Trinajstić information content (AvgIpc) is 3.77. The number of para-hydroxylation sites is 2. The Hall–Kier alpha value is -6.55. The molecule has 0 saturated heterocycles. The van der Waals surface area contributed by atoms with Gasteiger partial charge in [0.1, 0.15) is 13.8 Å². The highest BCUT2D eigenvalue weighted by Gasteiger charge is 2.39. The minimum absolute atomic E-state index is 0.580. The second-order valence-corrected chi connectivity index (χ2v) is 14.6. The van der Waals surface area contributed by atoms with Gasteiger partial charge in [0.05, 0.1) is 22.5 Å². The van der Waals surface area contributed by atoms with Crippen molar-refractivity contribution >= 4 is 58.3 Å². The van der Waals surface area contributed by atoms with E-state index in [9.17, 15) is 0 Å². The van der Waals surface area contributed by atoms with Crippen molar-refractivity contribution in [3.05, 3.63) is 188 Å². The second kappa shape index (κ2) is 12.6. The summed E-state index contributed by atoms with van der Waals surface area (Å²) in [5.74, 6) is 0.642. The van der Waals surface area contributed by atoms with Crippen LogP contribution in [0.5, 0.6) is 0 Å². The largest absolute Gasteiger partial charge is 0.438 e. The molecule has 1 unspecified atom stereocenters. The third-order valence-corrected chi connectivity index (χ3v) is 12.0. The molecular formula is C46H31N4OP. The molecule has 0 fully saturated rings. The van der Waals surface area contributed by atoms with E-state index in [1.807, 2.05) is 48.5 Å². The van der Waals surface area contributed by atoms with Crippen LogP contribution in [0.25, 0.3) is 55.8 Å². The highest BCUT2D eigenvalue weighted by Crippen LogP contribution is 2.65. The summed E-state index contributed by atoms with van der Waals surface area (Å²) < 4.78 is 11.5. The molecule has 1 aliphatic rings. The van der Waals surface area contributed by atoms with E-state index in [0.717, 1.165) is 50.0 Å². The van der Waals surface area contributed by atoms with Crippen molar-refractivity contribution in [3.8, 4) is 33.8 Å². The summed E-state index contributed by atoms with van der Waals surface area (Å²) in [6.07, 6.45) is 0. The molecule has 2 aromatic heterocycles. The number of fused-ring (bicyclic) bond motifs is 4. The molecule has 246 valence electrons. The lowest BCUT2D eigenvalue weighted by Crippen LogP contribution is -2.21. The van der Waals surface area contributed by atoms with E-state index in [0.29, 0.717) is 11.5 Å². The van der Waals surface area contributed by atoms with Crippen LogP contribution in [0.4, 0.5) is 22.7 Å². The standard InChI is InChI=1S/C46H31N4OP/c1-6-16-32(17-7-1)44-43-39-30-34(27-29-42(39)51-46(43)48-45(47-44)33-18-8-2-9-19-33)35-26-28-40-41(31-35)50(37-22-12-4-13-23-37)52(38-24-14-5-15-25-38)49(40)36-20-10-3-11-21-36/h1-31H. The molecule has 1 atom stereocenters. The Labute approximate surface area is 302 Å². The molecule has 52 heavy (non-hydrogen) atoms. The van der Waals surface area contributed by atoms with Gasteiger partial charge in [0.2, 0.25) is 5.71 Å². The summed E-state index contributed by atoms with van der Waals surface area (Å²) in [6.45, 7) is 0. The molecule has 0 radical (unpaired) electrons. The molecule has 7 aromatic carbocycles. The third-order valence-electron chi connectivity index (χ3n) is 9.54. The minimum Gasteiger partial charge on any atom is -0.438 e. The first-order chi connectivity index (χ1) is 25.8. The molecule has 0 aliphatic carbocycles. The van der Waals surface area contributed by atoms with Gasteiger partial charge in [-0.1, -0.05) is 140 Å². The van der Waals surface area contributed by atoms with Gasteiger partial charge in [-0.05, 0) is 59.7 Å². The van der Waals surface area contributed by atoms with E-state index >= 15 is 0 Å². The number of hydrogen-bond acceptors (Lipinski definition) is 5. The molecule has 5 nitrogen and oxygen atoms in total. The van der Waals surface area contributed by atoms with Crippen molar-refractivity contribution in [1.82, 2.24) is 9.97 Å². The number of nitrogens with zero attached hydrogens (tertiary/aromatic N) is 4. The summed E-state index contributed by atoms with van der Waals surface area (Å²) in [5, 5.41) is 3.18. The predicted molar refractivity (Wildman–Crippen MR) is 216 cm³/mol. The summed E-state index contributed by atoms with van der Waals surface area (Å²) in [7, 11) is -0.989. The second-order valence-electron chi connectivity index (χ2n) is 12.7. The number of anilines is 4. The van der Waals surface area contributed by atoms with Crippen molar-refractivity contribution in [2.24, 2.45) is 0 Å². The Morgan fingerprint density at radius 3 is 1.63 bits per heavy atom. The van der Waals surface area contributed by atoms with Crippen LogP contribution in [0.3, 0.4) is 0 Å². The Morgan fingerprint density at radius 1 is 0.442 bits per heavy atom. The van der Waals surface area contributed by atoms with Crippen LogP contribution in [0.2, 0.25) is 0 Å². The lowest BCUT2D eigenvalue weighted by atomic mass is 10.00. The Morgan fingerprint density at radius 2 is 0.981 bits per heavy atom. The van der Waals surface area contributed by atoms with E-state index in [2.05, 4.69) is 149 Å². The molecule has 0 saturated carbocycles. The smallest absolute Gasteiger partial charge is 0.231 e. The molecule has 1 aliphatic heterocycles. The van der Waals surface area contributed by atoms with Crippen LogP contribution >= 0.6 is 8.22 Å². The van der Waals surface area contributed by atoms with Crippen LogP contribution in [0.1, 0.15) is 0 Å². The van der Waals surface area contributed by atoms with Gasteiger partial charge in [-0.2, -0.15) is 4.98 Å². The van der Waals surface area contributed by atoms with Crippen LogP contribution < -0.4 is 14.6 Å². The summed E-state index contributed by atoms with van der Waals surface area (Å²) >= 11 is 0. The average molecular weight is 687 g/mol. The van der Waals surface area contributed by atoms with Gasteiger partial charge in [-0.3, -0.25) is 9.34 Å². The maximum Gasteiger partial charge on any atom is 0.231 e. The molecule has 0 bridgehead atoms. The lowest BCUT2D eigenvalue weighted by molar-refractivity contribution is 0.653. The van der Waals surface area contributed by atoms with Crippen LogP contribution in [0.15, 0.2) is 192 Å². The third kappa shape index (κ3) is 5.14. The number of rotatable bonds is 6. The maximum absolute atomic E-state index is 6.48. The Kier molecular flexibility index (Phi) is 7.37. The number of furan rings is 1. The quantitative estimate of drug-likeness (QED) is 0.163. The number of aromatic nitrogens is 2. The van der Waals surface area contributed by atoms with Gasteiger partial charge in [0.25, 0.3) is 0 Å². The van der Waals surface area contributed by atoms with E-state index in [1.165, 1.54) is 22.4 Å². The molecule has 0 spiro atoms. The summed E-state index contributed by atoms with van der Waals surface area (Å²) in [6, 6.07) is 66.1. The van der Waals surface area contributed by atoms with E-state index in [-0.39, 0.29) is 0 Å². The van der Waals surface area contributed by atoms with Gasteiger partial charge in [-0.15, -0.1) is 0 Å². The fourth-order valence-corrected chi connectivity index (χ4v) is 9.67. The van der Waals surface area contributed by atoms with E-state index < -0.39 is 8.22 Å². The zero-order valence-electron chi connectivity index (χ0n) is 28.0. The first kappa shape index (κ1) is 30.3. The van der Waals surface area contributed by atoms with Gasteiger partial charge >= 0.3 is 0 Å². The molecule has 10 rings (SSSR count). The fourth-order valence-electron chi connectivity index (χ4n) is 7.15. The van der Waals surface area contributed by atoms with E-state index in [4.69, 9.17) is 14.4 Å². The highest BCUT2D eigenvalue weighted by atomic mass is 31.1. The monoisotopic (exact) mass is 686 g/mol. The van der Waals surface area contributed by atoms with Crippen molar-refractivity contribution in [1.29, 1.82) is 0 Å². The summed E-state index contributed by atoms with van der Waals surface area (Å²) in [5.41, 5.74) is 11.1. The van der Waals surface area contributed by atoms with Gasteiger partial charge in [0.15, 0.2) is 5.82 Å². The maximum atomic E-state index is 6.48. The minimum atomic E-state index is -0.989. The van der Waals surface area contributed by atoms with Gasteiger partial charge in [0, 0.05) is 33.2 Å². The topological polar surface area (TPSA) is 45.4 Å². The van der Waals surface area contributed by atoms with Gasteiger partial charge < -0.3 is 4.42 Å². The van der Waals surface area contributed by atoms with Crippen molar-refractivity contribution < 1.29 is 4.42 Å². The molecule has 3 heterocycles. The fraction of sp³-hybridized carbons (Fsp3) is 0. The van der Waals surface area contributed by atoms with Gasteiger partial charge in [-0.25, -0.2) is 4.98 Å². The zero-order chi connectivity index (χ0) is 34.4. The normalized spacial score (nSPS) is 13.9. The summed E-state index contributed by atoms with van der Waals surface area (Å²) in [4.78, 5) is 10.1. The van der Waals surface area contributed by atoms with E-state index in [1.54, 1.807) is 0 Å². The van der Waals surface area contributed by atoms with Crippen LogP contribution in [-0.2, 0) is 0 Å². The number of hydrogen-bond donors (Lipinski definition) is 0. The Bertz CT molecular complexity index is 2690. The van der Waals surface area contributed by atoms with Crippen molar-refractivity contribution in [2.45, 2.75) is 0 Å². The lowest BCUT2D eigenvalue weighted by Gasteiger charge is -2.32. The first-order valence-electron chi connectivity index (χ1n) is 17.4. The molecule has 9 aromatic rings. The molecular weight excluding hydrogens is 656 g/mol.